The minimum Gasteiger partial charge on any atom is -0.491 e. The average Bonchev–Trinajstić information content (AvgIpc) is 2.48. The Labute approximate surface area is 144 Å². The molecule has 1 rings (SSSR count). The number of benzene rings is 1. The van der Waals surface area contributed by atoms with Gasteiger partial charge in [0.05, 0.1) is 5.56 Å². The largest absolute Gasteiger partial charge is 0.491 e. The first-order valence-corrected chi connectivity index (χ1v) is 7.19. The topological polar surface area (TPSA) is 84.6 Å². The maximum absolute atomic E-state index is 12.5. The van der Waals surface area contributed by atoms with Crippen molar-refractivity contribution in [3.8, 4) is 5.75 Å². The number of alkyl halides is 3. The number of rotatable bonds is 8. The summed E-state index contributed by atoms with van der Waals surface area (Å²) in [5, 5.41) is 12.2. The molecule has 4 N–H and O–H groups in total. The van der Waals surface area contributed by atoms with Crippen molar-refractivity contribution >= 4 is 18.3 Å². The van der Waals surface area contributed by atoms with Crippen LogP contribution in [0.1, 0.15) is 25.3 Å². The van der Waals surface area contributed by atoms with Crippen molar-refractivity contribution in [2.75, 3.05) is 13.2 Å². The zero-order chi connectivity index (χ0) is 17.5. The van der Waals surface area contributed by atoms with E-state index in [0.29, 0.717) is 6.42 Å². The van der Waals surface area contributed by atoms with E-state index in [1.54, 1.807) is 6.92 Å². The number of carbonyl (C=O) groups excluding carboxylic acids is 1. The highest BCUT2D eigenvalue weighted by Crippen LogP contribution is 2.31. The zero-order valence-corrected chi connectivity index (χ0v) is 14.0. The molecular formula is C15H22ClF3N2O3. The molecule has 1 aromatic rings. The van der Waals surface area contributed by atoms with Gasteiger partial charge in [-0.1, -0.05) is 6.07 Å². The van der Waals surface area contributed by atoms with Crippen molar-refractivity contribution in [3.05, 3.63) is 29.8 Å². The summed E-state index contributed by atoms with van der Waals surface area (Å²) in [5.74, 6) is -0.248. The van der Waals surface area contributed by atoms with Gasteiger partial charge < -0.3 is 20.9 Å². The van der Waals surface area contributed by atoms with Crippen LogP contribution in [0.3, 0.4) is 0 Å². The molecule has 0 aromatic heterocycles. The summed E-state index contributed by atoms with van der Waals surface area (Å²) in [7, 11) is 0. The minimum absolute atomic E-state index is 0. The van der Waals surface area contributed by atoms with Gasteiger partial charge in [0.1, 0.15) is 18.5 Å². The third-order valence-corrected chi connectivity index (χ3v) is 2.97. The standard InChI is InChI=1S/C15H21F3N2O3.ClH/c1-10(19)5-6-14(22)20-8-12(21)9-23-13-4-2-3-11(7-13)15(16,17)18;/h2-4,7,10,12,21H,5-6,8-9,19H2,1H3,(H,20,22);1H. The molecule has 24 heavy (non-hydrogen) atoms. The Morgan fingerprint density at radius 3 is 2.67 bits per heavy atom. The van der Waals surface area contributed by atoms with E-state index in [-0.39, 0.29) is 49.7 Å². The van der Waals surface area contributed by atoms with Crippen LogP contribution in [0.4, 0.5) is 13.2 Å². The first-order valence-electron chi connectivity index (χ1n) is 7.19. The maximum atomic E-state index is 12.5. The van der Waals surface area contributed by atoms with E-state index >= 15 is 0 Å². The second-order valence-electron chi connectivity index (χ2n) is 5.31. The minimum atomic E-state index is -4.45. The Balaban J connectivity index is 0.00000529. The van der Waals surface area contributed by atoms with E-state index in [0.717, 1.165) is 12.1 Å². The number of hydrogen-bond acceptors (Lipinski definition) is 4. The molecule has 0 spiro atoms. The number of amides is 1. The summed E-state index contributed by atoms with van der Waals surface area (Å²) in [4.78, 5) is 11.4. The second kappa shape index (κ2) is 10.4. The highest BCUT2D eigenvalue weighted by Gasteiger charge is 2.30. The lowest BCUT2D eigenvalue weighted by molar-refractivity contribution is -0.137. The van der Waals surface area contributed by atoms with Crippen LogP contribution in [-0.4, -0.2) is 36.3 Å². The summed E-state index contributed by atoms with van der Waals surface area (Å²) in [6.45, 7) is 1.51. The first kappa shape index (κ1) is 22.5. The highest BCUT2D eigenvalue weighted by molar-refractivity contribution is 5.85. The van der Waals surface area contributed by atoms with Gasteiger partial charge in [-0.05, 0) is 31.5 Å². The molecule has 0 aliphatic carbocycles. The van der Waals surface area contributed by atoms with Crippen LogP contribution >= 0.6 is 12.4 Å². The zero-order valence-electron chi connectivity index (χ0n) is 13.2. The highest BCUT2D eigenvalue weighted by atomic mass is 35.5. The van der Waals surface area contributed by atoms with E-state index in [4.69, 9.17) is 10.5 Å². The quantitative estimate of drug-likeness (QED) is 0.654. The van der Waals surface area contributed by atoms with Gasteiger partial charge in [0, 0.05) is 19.0 Å². The van der Waals surface area contributed by atoms with Crippen LogP contribution in [0.5, 0.6) is 5.75 Å². The first-order chi connectivity index (χ1) is 10.7. The fraction of sp³-hybridized carbons (Fsp3) is 0.533. The summed E-state index contributed by atoms with van der Waals surface area (Å²) in [6.07, 6.45) is -4.70. The number of nitrogens with one attached hydrogen (secondary N) is 1. The van der Waals surface area contributed by atoms with Crippen molar-refractivity contribution in [1.29, 1.82) is 0 Å². The van der Waals surface area contributed by atoms with Crippen LogP contribution in [0.15, 0.2) is 24.3 Å². The molecule has 9 heteroatoms. The third-order valence-electron chi connectivity index (χ3n) is 2.97. The lowest BCUT2D eigenvalue weighted by Gasteiger charge is -2.14. The number of aliphatic hydroxyl groups excluding tert-OH is 1. The summed E-state index contributed by atoms with van der Waals surface area (Å²) < 4.78 is 42.7. The molecule has 0 radical (unpaired) electrons. The molecule has 0 aliphatic rings. The molecule has 0 heterocycles. The fourth-order valence-corrected chi connectivity index (χ4v) is 1.69. The van der Waals surface area contributed by atoms with Crippen molar-refractivity contribution < 1.29 is 27.8 Å². The smallest absolute Gasteiger partial charge is 0.416 e. The average molecular weight is 371 g/mol. The lowest BCUT2D eigenvalue weighted by atomic mass is 10.2. The number of nitrogens with two attached hydrogens (primary N) is 1. The van der Waals surface area contributed by atoms with E-state index in [2.05, 4.69) is 5.32 Å². The molecule has 0 bridgehead atoms. The van der Waals surface area contributed by atoms with Gasteiger partial charge in [0.2, 0.25) is 5.91 Å². The normalized spacial score (nSPS) is 13.6. The van der Waals surface area contributed by atoms with Gasteiger partial charge in [-0.2, -0.15) is 13.2 Å². The van der Waals surface area contributed by atoms with Gasteiger partial charge in [-0.3, -0.25) is 4.79 Å². The Bertz CT molecular complexity index is 513. The Kier molecular flexibility index (Phi) is 9.72. The number of ether oxygens (including phenoxy) is 1. The van der Waals surface area contributed by atoms with Crippen LogP contribution in [0.2, 0.25) is 0 Å². The predicted octanol–water partition coefficient (Wildman–Crippen LogP) is 2.11. The van der Waals surface area contributed by atoms with Gasteiger partial charge >= 0.3 is 6.18 Å². The van der Waals surface area contributed by atoms with Gasteiger partial charge in [-0.25, -0.2) is 0 Å². The van der Waals surface area contributed by atoms with Crippen molar-refractivity contribution in [2.45, 2.75) is 38.1 Å². The summed E-state index contributed by atoms with van der Waals surface area (Å²) in [6, 6.07) is 4.29. The molecular weight excluding hydrogens is 349 g/mol. The van der Waals surface area contributed by atoms with Gasteiger partial charge in [0.15, 0.2) is 0 Å². The molecule has 1 aromatic carbocycles. The number of hydrogen-bond donors (Lipinski definition) is 3. The Morgan fingerprint density at radius 2 is 2.08 bits per heavy atom. The fourth-order valence-electron chi connectivity index (χ4n) is 1.69. The number of carbonyl (C=O) groups is 1. The SMILES string of the molecule is CC(N)CCC(=O)NCC(O)COc1cccc(C(F)(F)F)c1.Cl. The van der Waals surface area contributed by atoms with Gasteiger partial charge in [0.25, 0.3) is 0 Å². The van der Waals surface area contributed by atoms with Crippen molar-refractivity contribution in [2.24, 2.45) is 5.73 Å². The molecule has 1 amide bonds. The van der Waals surface area contributed by atoms with Crippen LogP contribution in [0.25, 0.3) is 0 Å². The number of aliphatic hydroxyl groups is 1. The molecule has 0 aliphatic heterocycles. The van der Waals surface area contributed by atoms with E-state index < -0.39 is 17.8 Å². The Hall–Kier alpha value is -1.51. The van der Waals surface area contributed by atoms with Crippen molar-refractivity contribution in [1.82, 2.24) is 5.32 Å². The Morgan fingerprint density at radius 1 is 1.42 bits per heavy atom. The predicted molar refractivity (Wildman–Crippen MR) is 86.1 cm³/mol. The van der Waals surface area contributed by atoms with Crippen LogP contribution < -0.4 is 15.8 Å². The van der Waals surface area contributed by atoms with E-state index in [9.17, 15) is 23.1 Å². The summed E-state index contributed by atoms with van der Waals surface area (Å²) >= 11 is 0. The van der Waals surface area contributed by atoms with Crippen LogP contribution in [-0.2, 0) is 11.0 Å². The molecule has 2 unspecified atom stereocenters. The molecule has 0 saturated heterocycles. The monoisotopic (exact) mass is 370 g/mol. The van der Waals surface area contributed by atoms with Crippen LogP contribution in [0, 0.1) is 0 Å². The lowest BCUT2D eigenvalue weighted by Crippen LogP contribution is -2.35. The summed E-state index contributed by atoms with van der Waals surface area (Å²) in [5.41, 5.74) is 4.70. The molecule has 138 valence electrons. The van der Waals surface area contributed by atoms with E-state index in [1.807, 2.05) is 0 Å². The van der Waals surface area contributed by atoms with Gasteiger partial charge in [-0.15, -0.1) is 12.4 Å². The molecule has 2 atom stereocenters. The molecule has 5 nitrogen and oxygen atoms in total. The molecule has 0 saturated carbocycles. The van der Waals surface area contributed by atoms with Crippen molar-refractivity contribution in [3.63, 3.8) is 0 Å². The third kappa shape index (κ3) is 8.95. The second-order valence-corrected chi connectivity index (χ2v) is 5.31. The molecule has 0 fully saturated rings. The van der Waals surface area contributed by atoms with E-state index in [1.165, 1.54) is 12.1 Å². The maximum Gasteiger partial charge on any atom is 0.416 e. The number of halogens is 4.